The van der Waals surface area contributed by atoms with Crippen LogP contribution >= 0.6 is 34.8 Å². The van der Waals surface area contributed by atoms with Gasteiger partial charge in [-0.25, -0.2) is 4.39 Å². The highest BCUT2D eigenvalue weighted by atomic mass is 35.5. The van der Waals surface area contributed by atoms with Gasteiger partial charge in [-0.2, -0.15) is 0 Å². The van der Waals surface area contributed by atoms with Gasteiger partial charge in [0.15, 0.2) is 0 Å². The van der Waals surface area contributed by atoms with Gasteiger partial charge in [-0.05, 0) is 24.3 Å². The number of nitrogens with one attached hydrogen (secondary N) is 1. The second-order valence-electron chi connectivity index (χ2n) is 4.09. The van der Waals surface area contributed by atoms with E-state index in [1.165, 1.54) is 6.07 Å². The Morgan fingerprint density at radius 1 is 1.14 bits per heavy atom. The van der Waals surface area contributed by atoms with Gasteiger partial charge < -0.3 is 5.32 Å². The summed E-state index contributed by atoms with van der Waals surface area (Å²) in [4.78, 5) is 10.2. The highest BCUT2D eigenvalue weighted by Crippen LogP contribution is 2.33. The maximum Gasteiger partial charge on any atom is 0.295 e. The first-order chi connectivity index (χ1) is 9.90. The highest BCUT2D eigenvalue weighted by molar-refractivity contribution is 6.44. The molecule has 0 aliphatic heterocycles. The van der Waals surface area contributed by atoms with Gasteiger partial charge in [0.1, 0.15) is 11.5 Å². The van der Waals surface area contributed by atoms with E-state index in [1.807, 2.05) is 0 Å². The van der Waals surface area contributed by atoms with Crippen molar-refractivity contribution in [2.24, 2.45) is 0 Å². The van der Waals surface area contributed by atoms with Crippen molar-refractivity contribution in [3.63, 3.8) is 0 Å². The van der Waals surface area contributed by atoms with E-state index in [0.717, 1.165) is 12.1 Å². The largest absolute Gasteiger partial charge is 0.375 e. The quantitative estimate of drug-likeness (QED) is 0.462. The topological polar surface area (TPSA) is 55.2 Å². The van der Waals surface area contributed by atoms with E-state index >= 15 is 0 Å². The van der Waals surface area contributed by atoms with Crippen LogP contribution in [0.3, 0.4) is 0 Å². The predicted molar refractivity (Wildman–Crippen MR) is 81.9 cm³/mol. The number of nitro benzene ring substituents is 1. The average molecular weight is 350 g/mol. The zero-order chi connectivity index (χ0) is 15.6. The van der Waals surface area contributed by atoms with E-state index in [9.17, 15) is 14.5 Å². The van der Waals surface area contributed by atoms with Gasteiger partial charge in [0.2, 0.25) is 0 Å². The van der Waals surface area contributed by atoms with Crippen LogP contribution in [0.2, 0.25) is 15.1 Å². The molecule has 0 aliphatic carbocycles. The van der Waals surface area contributed by atoms with Crippen LogP contribution in [0.15, 0.2) is 30.3 Å². The van der Waals surface area contributed by atoms with Crippen LogP contribution in [0.5, 0.6) is 0 Å². The molecule has 0 fully saturated rings. The highest BCUT2D eigenvalue weighted by Gasteiger charge is 2.16. The van der Waals surface area contributed by atoms with Crippen LogP contribution in [-0.4, -0.2) is 4.92 Å². The van der Waals surface area contributed by atoms with E-state index in [4.69, 9.17) is 34.8 Å². The van der Waals surface area contributed by atoms with Gasteiger partial charge >= 0.3 is 0 Å². The van der Waals surface area contributed by atoms with Crippen LogP contribution in [-0.2, 0) is 6.54 Å². The lowest BCUT2D eigenvalue weighted by Crippen LogP contribution is -2.04. The molecule has 8 heteroatoms. The number of halogens is 4. The number of nitro groups is 1. The smallest absolute Gasteiger partial charge is 0.295 e. The van der Waals surface area contributed by atoms with Crippen molar-refractivity contribution in [1.29, 1.82) is 0 Å². The summed E-state index contributed by atoms with van der Waals surface area (Å²) in [6, 6.07) is 6.36. The number of benzene rings is 2. The summed E-state index contributed by atoms with van der Waals surface area (Å²) in [6.07, 6.45) is 0. The summed E-state index contributed by atoms with van der Waals surface area (Å²) in [5, 5.41) is 14.7. The van der Waals surface area contributed by atoms with Crippen LogP contribution in [0.4, 0.5) is 15.8 Å². The van der Waals surface area contributed by atoms with Gasteiger partial charge in [0, 0.05) is 17.1 Å². The molecule has 0 aliphatic rings. The SMILES string of the molecule is O=[N+]([O-])c1cc(F)ccc1NCc1c(Cl)ccc(Cl)c1Cl. The monoisotopic (exact) mass is 348 g/mol. The van der Waals surface area contributed by atoms with Gasteiger partial charge in [-0.3, -0.25) is 10.1 Å². The number of anilines is 1. The molecule has 0 radical (unpaired) electrons. The van der Waals surface area contributed by atoms with E-state index in [2.05, 4.69) is 5.32 Å². The van der Waals surface area contributed by atoms with Crippen molar-refractivity contribution in [3.05, 3.63) is 66.9 Å². The second-order valence-corrected chi connectivity index (χ2v) is 5.29. The van der Waals surface area contributed by atoms with Crippen LogP contribution in [0.25, 0.3) is 0 Å². The summed E-state index contributed by atoms with van der Waals surface area (Å²) >= 11 is 18.0. The Hall–Kier alpha value is -1.56. The molecule has 0 spiro atoms. The average Bonchev–Trinajstić information content (AvgIpc) is 2.44. The summed E-state index contributed by atoms with van der Waals surface area (Å²) in [6.45, 7) is 0.116. The van der Waals surface area contributed by atoms with Crippen molar-refractivity contribution in [1.82, 2.24) is 0 Å². The fraction of sp³-hybridized carbons (Fsp3) is 0.0769. The maximum absolute atomic E-state index is 13.1. The van der Waals surface area contributed by atoms with Crippen LogP contribution in [0.1, 0.15) is 5.56 Å². The predicted octanol–water partition coefficient (Wildman–Crippen LogP) is 5.31. The van der Waals surface area contributed by atoms with Gasteiger partial charge in [-0.15, -0.1) is 0 Å². The normalized spacial score (nSPS) is 10.5. The number of hydrogen-bond acceptors (Lipinski definition) is 3. The third-order valence-electron chi connectivity index (χ3n) is 2.75. The zero-order valence-corrected chi connectivity index (χ0v) is 12.6. The molecule has 2 aromatic carbocycles. The van der Waals surface area contributed by atoms with E-state index < -0.39 is 10.7 Å². The third-order valence-corrected chi connectivity index (χ3v) is 3.95. The standard InChI is InChI=1S/C13H8Cl3FN2O2/c14-9-2-3-10(15)13(16)8(9)6-18-11-4-1-7(17)5-12(11)19(20)21/h1-5,18H,6H2. The molecule has 0 unspecified atom stereocenters. The summed E-state index contributed by atoms with van der Waals surface area (Å²) in [7, 11) is 0. The zero-order valence-electron chi connectivity index (χ0n) is 10.4. The molecule has 0 heterocycles. The Morgan fingerprint density at radius 2 is 1.81 bits per heavy atom. The van der Waals surface area contributed by atoms with Crippen molar-refractivity contribution in [2.75, 3.05) is 5.32 Å². The number of nitrogens with zero attached hydrogens (tertiary/aromatic N) is 1. The van der Waals surface area contributed by atoms with E-state index in [0.29, 0.717) is 15.6 Å². The van der Waals surface area contributed by atoms with E-state index in [1.54, 1.807) is 12.1 Å². The van der Waals surface area contributed by atoms with Crippen LogP contribution in [0, 0.1) is 15.9 Å². The third kappa shape index (κ3) is 3.56. The summed E-state index contributed by atoms with van der Waals surface area (Å²) in [5.74, 6) is -0.689. The lowest BCUT2D eigenvalue weighted by Gasteiger charge is -2.11. The van der Waals surface area contributed by atoms with E-state index in [-0.39, 0.29) is 22.9 Å². The minimum atomic E-state index is -0.689. The molecule has 0 saturated carbocycles. The molecule has 0 atom stereocenters. The van der Waals surface area contributed by atoms with Gasteiger partial charge in [0.25, 0.3) is 5.69 Å². The molecule has 0 aromatic heterocycles. The molecule has 2 aromatic rings. The second kappa shape index (κ2) is 6.47. The Morgan fingerprint density at radius 3 is 2.48 bits per heavy atom. The first kappa shape index (κ1) is 15.8. The summed E-state index contributed by atoms with van der Waals surface area (Å²) in [5.41, 5.74) is 0.294. The molecule has 1 N–H and O–H groups in total. The summed E-state index contributed by atoms with van der Waals surface area (Å²) < 4.78 is 13.1. The lowest BCUT2D eigenvalue weighted by atomic mass is 10.2. The maximum atomic E-state index is 13.1. The molecule has 110 valence electrons. The van der Waals surface area contributed by atoms with Crippen LogP contribution < -0.4 is 5.32 Å². The molecule has 4 nitrogen and oxygen atoms in total. The molecular formula is C13H8Cl3FN2O2. The fourth-order valence-corrected chi connectivity index (χ4v) is 2.40. The Labute approximate surface area is 134 Å². The fourth-order valence-electron chi connectivity index (χ4n) is 1.72. The van der Waals surface area contributed by atoms with Crippen molar-refractivity contribution < 1.29 is 9.31 Å². The number of rotatable bonds is 4. The first-order valence-electron chi connectivity index (χ1n) is 5.70. The lowest BCUT2D eigenvalue weighted by molar-refractivity contribution is -0.384. The van der Waals surface area contributed by atoms with Crippen molar-refractivity contribution in [3.8, 4) is 0 Å². The Bertz CT molecular complexity index is 710. The molecule has 21 heavy (non-hydrogen) atoms. The van der Waals surface area contributed by atoms with Gasteiger partial charge in [-0.1, -0.05) is 34.8 Å². The molecular weight excluding hydrogens is 342 g/mol. The molecule has 2 rings (SSSR count). The van der Waals surface area contributed by atoms with Crippen molar-refractivity contribution >= 4 is 46.2 Å². The molecule has 0 amide bonds. The number of hydrogen-bond donors (Lipinski definition) is 1. The molecule has 0 saturated heterocycles. The van der Waals surface area contributed by atoms with Gasteiger partial charge in [0.05, 0.1) is 21.0 Å². The minimum Gasteiger partial charge on any atom is -0.375 e. The molecule has 0 bridgehead atoms. The first-order valence-corrected chi connectivity index (χ1v) is 6.83. The van der Waals surface area contributed by atoms with Crippen molar-refractivity contribution in [2.45, 2.75) is 6.54 Å². The Balaban J connectivity index is 2.29. The Kier molecular flexibility index (Phi) is 4.88. The minimum absolute atomic E-state index is 0.116.